The third kappa shape index (κ3) is 3.66. The van der Waals surface area contributed by atoms with Gasteiger partial charge in [0, 0.05) is 32.2 Å². The van der Waals surface area contributed by atoms with Crippen molar-refractivity contribution in [3.05, 3.63) is 35.4 Å². The van der Waals surface area contributed by atoms with Crippen molar-refractivity contribution in [3.63, 3.8) is 0 Å². The zero-order valence-electron chi connectivity index (χ0n) is 13.4. The molecule has 1 aromatic rings. The molecule has 0 unspecified atom stereocenters. The smallest absolute Gasteiger partial charge is 0.317 e. The van der Waals surface area contributed by atoms with E-state index in [9.17, 15) is 18.4 Å². The van der Waals surface area contributed by atoms with Crippen LogP contribution in [0.1, 0.15) is 36.0 Å². The SMILES string of the molecule is O=C(NC1CCCC1)N1CCN(C(=O)c2cc(F)ccc2F)CC1. The number of piperazine rings is 1. The molecule has 2 fully saturated rings. The second-order valence-electron chi connectivity index (χ2n) is 6.33. The van der Waals surface area contributed by atoms with E-state index in [1.807, 2.05) is 0 Å². The summed E-state index contributed by atoms with van der Waals surface area (Å²) in [4.78, 5) is 27.7. The Morgan fingerprint density at radius 1 is 1.00 bits per heavy atom. The quantitative estimate of drug-likeness (QED) is 0.901. The number of carbonyl (C=O) groups excluding carboxylic acids is 2. The Labute approximate surface area is 139 Å². The number of benzene rings is 1. The first-order chi connectivity index (χ1) is 11.5. The van der Waals surface area contributed by atoms with Crippen LogP contribution in [0.15, 0.2) is 18.2 Å². The highest BCUT2D eigenvalue weighted by Crippen LogP contribution is 2.18. The number of nitrogens with one attached hydrogen (secondary N) is 1. The van der Waals surface area contributed by atoms with Crippen molar-refractivity contribution in [3.8, 4) is 0 Å². The van der Waals surface area contributed by atoms with E-state index in [0.29, 0.717) is 26.2 Å². The molecule has 5 nitrogen and oxygen atoms in total. The number of nitrogens with zero attached hydrogens (tertiary/aromatic N) is 2. The van der Waals surface area contributed by atoms with Gasteiger partial charge in [-0.05, 0) is 31.0 Å². The molecule has 1 aliphatic carbocycles. The molecule has 1 N–H and O–H groups in total. The number of hydrogen-bond donors (Lipinski definition) is 1. The Morgan fingerprint density at radius 2 is 1.62 bits per heavy atom. The first-order valence-electron chi connectivity index (χ1n) is 8.34. The van der Waals surface area contributed by atoms with Crippen molar-refractivity contribution < 1.29 is 18.4 Å². The number of carbonyl (C=O) groups is 2. The highest BCUT2D eigenvalue weighted by Gasteiger charge is 2.28. The lowest BCUT2D eigenvalue weighted by Gasteiger charge is -2.35. The highest BCUT2D eigenvalue weighted by atomic mass is 19.1. The summed E-state index contributed by atoms with van der Waals surface area (Å²) in [6, 6.07) is 2.99. The van der Waals surface area contributed by atoms with Crippen molar-refractivity contribution in [1.82, 2.24) is 15.1 Å². The first kappa shape index (κ1) is 16.7. The van der Waals surface area contributed by atoms with Crippen molar-refractivity contribution in [1.29, 1.82) is 0 Å². The molecule has 1 saturated carbocycles. The van der Waals surface area contributed by atoms with Crippen molar-refractivity contribution >= 4 is 11.9 Å². The summed E-state index contributed by atoms with van der Waals surface area (Å²) in [6.45, 7) is 1.40. The molecule has 1 aromatic carbocycles. The van der Waals surface area contributed by atoms with Crippen molar-refractivity contribution in [2.75, 3.05) is 26.2 Å². The Balaban J connectivity index is 1.55. The number of hydrogen-bond acceptors (Lipinski definition) is 2. The fourth-order valence-electron chi connectivity index (χ4n) is 3.28. The van der Waals surface area contributed by atoms with Gasteiger partial charge in [0.1, 0.15) is 11.6 Å². The monoisotopic (exact) mass is 337 g/mol. The maximum absolute atomic E-state index is 13.7. The third-order valence-corrected chi connectivity index (χ3v) is 4.70. The second-order valence-corrected chi connectivity index (χ2v) is 6.33. The Morgan fingerprint density at radius 3 is 2.29 bits per heavy atom. The topological polar surface area (TPSA) is 52.7 Å². The van der Waals surface area contributed by atoms with Gasteiger partial charge in [-0.15, -0.1) is 0 Å². The summed E-state index contributed by atoms with van der Waals surface area (Å²) < 4.78 is 27.0. The van der Waals surface area contributed by atoms with Gasteiger partial charge in [0.05, 0.1) is 5.56 Å². The van der Waals surface area contributed by atoms with Crippen LogP contribution in [0.25, 0.3) is 0 Å². The van der Waals surface area contributed by atoms with E-state index >= 15 is 0 Å². The minimum atomic E-state index is -0.734. The average Bonchev–Trinajstić information content (AvgIpc) is 3.09. The first-order valence-corrected chi connectivity index (χ1v) is 8.34. The number of halogens is 2. The Hall–Kier alpha value is -2.18. The van der Waals surface area contributed by atoms with E-state index in [2.05, 4.69) is 5.32 Å². The number of rotatable bonds is 2. The Kier molecular flexibility index (Phi) is 4.97. The van der Waals surface area contributed by atoms with Crippen LogP contribution in [-0.2, 0) is 0 Å². The summed E-state index contributed by atoms with van der Waals surface area (Å²) in [6.07, 6.45) is 4.32. The maximum Gasteiger partial charge on any atom is 0.317 e. The molecule has 24 heavy (non-hydrogen) atoms. The van der Waals surface area contributed by atoms with Gasteiger partial charge in [-0.3, -0.25) is 4.79 Å². The molecule has 1 saturated heterocycles. The van der Waals surface area contributed by atoms with Gasteiger partial charge in [-0.2, -0.15) is 0 Å². The minimum Gasteiger partial charge on any atom is -0.335 e. The normalized spacial score (nSPS) is 18.8. The lowest BCUT2D eigenvalue weighted by Crippen LogP contribution is -2.54. The van der Waals surface area contributed by atoms with E-state index in [-0.39, 0.29) is 17.6 Å². The van der Waals surface area contributed by atoms with Crippen molar-refractivity contribution in [2.24, 2.45) is 0 Å². The van der Waals surface area contributed by atoms with E-state index < -0.39 is 17.5 Å². The largest absolute Gasteiger partial charge is 0.335 e. The van der Waals surface area contributed by atoms with Crippen LogP contribution >= 0.6 is 0 Å². The van der Waals surface area contributed by atoms with Crippen LogP contribution < -0.4 is 5.32 Å². The fraction of sp³-hybridized carbons (Fsp3) is 0.529. The molecule has 7 heteroatoms. The molecule has 1 aliphatic heterocycles. The van der Waals surface area contributed by atoms with Gasteiger partial charge in [0.25, 0.3) is 5.91 Å². The molecule has 3 rings (SSSR count). The van der Waals surface area contributed by atoms with Gasteiger partial charge >= 0.3 is 6.03 Å². The number of amides is 3. The predicted octanol–water partition coefficient (Wildman–Crippen LogP) is 2.37. The van der Waals surface area contributed by atoms with Crippen LogP contribution in [0, 0.1) is 11.6 Å². The zero-order valence-corrected chi connectivity index (χ0v) is 13.4. The average molecular weight is 337 g/mol. The Bertz CT molecular complexity index is 624. The van der Waals surface area contributed by atoms with Crippen LogP contribution in [0.4, 0.5) is 13.6 Å². The van der Waals surface area contributed by atoms with Gasteiger partial charge in [0.2, 0.25) is 0 Å². The second kappa shape index (κ2) is 7.15. The summed E-state index contributed by atoms with van der Waals surface area (Å²) in [7, 11) is 0. The van der Waals surface area contributed by atoms with Gasteiger partial charge < -0.3 is 15.1 Å². The van der Waals surface area contributed by atoms with Crippen LogP contribution in [0.2, 0.25) is 0 Å². The third-order valence-electron chi connectivity index (χ3n) is 4.70. The van der Waals surface area contributed by atoms with Crippen LogP contribution in [0.5, 0.6) is 0 Å². The van der Waals surface area contributed by atoms with Gasteiger partial charge in [-0.1, -0.05) is 12.8 Å². The van der Waals surface area contributed by atoms with Crippen LogP contribution in [-0.4, -0.2) is 54.0 Å². The molecule has 3 amide bonds. The molecular formula is C17H21F2N3O2. The predicted molar refractivity (Wildman–Crippen MR) is 84.6 cm³/mol. The molecule has 0 bridgehead atoms. The van der Waals surface area contributed by atoms with E-state index in [1.54, 1.807) is 4.90 Å². The molecule has 1 heterocycles. The van der Waals surface area contributed by atoms with Gasteiger partial charge in [0.15, 0.2) is 0 Å². The molecule has 2 aliphatic rings. The molecular weight excluding hydrogens is 316 g/mol. The summed E-state index contributed by atoms with van der Waals surface area (Å²) in [5.41, 5.74) is -0.265. The highest BCUT2D eigenvalue weighted by molar-refractivity contribution is 5.94. The number of urea groups is 1. The molecule has 0 atom stereocenters. The molecule has 0 spiro atoms. The molecule has 130 valence electrons. The van der Waals surface area contributed by atoms with Crippen molar-refractivity contribution in [2.45, 2.75) is 31.7 Å². The van der Waals surface area contributed by atoms with Crippen LogP contribution in [0.3, 0.4) is 0 Å². The summed E-state index contributed by atoms with van der Waals surface area (Å²) >= 11 is 0. The molecule has 0 aromatic heterocycles. The summed E-state index contributed by atoms with van der Waals surface area (Å²) in [5.74, 6) is -1.92. The fourth-order valence-corrected chi connectivity index (χ4v) is 3.28. The standard InChI is InChI=1S/C17H21F2N3O2/c18-12-5-6-15(19)14(11-12)16(23)21-7-9-22(10-8-21)17(24)20-13-3-1-2-4-13/h5-6,11,13H,1-4,7-10H2,(H,20,24). The van der Waals surface area contributed by atoms with E-state index in [0.717, 1.165) is 43.9 Å². The zero-order chi connectivity index (χ0) is 17.1. The lowest BCUT2D eigenvalue weighted by molar-refractivity contribution is 0.0658. The maximum atomic E-state index is 13.7. The van der Waals surface area contributed by atoms with E-state index in [4.69, 9.17) is 0 Å². The lowest BCUT2D eigenvalue weighted by atomic mass is 10.1. The molecule has 0 radical (unpaired) electrons. The summed E-state index contributed by atoms with van der Waals surface area (Å²) in [5, 5.41) is 3.01. The minimum absolute atomic E-state index is 0.106. The van der Waals surface area contributed by atoms with E-state index in [1.165, 1.54) is 4.90 Å². The van der Waals surface area contributed by atoms with Gasteiger partial charge in [-0.25, -0.2) is 13.6 Å².